The Morgan fingerprint density at radius 1 is 1.26 bits per heavy atom. The highest BCUT2D eigenvalue weighted by molar-refractivity contribution is 7.19. The first kappa shape index (κ1) is 21.1. The number of morpholine rings is 1. The van der Waals surface area contributed by atoms with Gasteiger partial charge in [-0.3, -0.25) is 9.69 Å². The first-order valence-corrected chi connectivity index (χ1v) is 12.6. The number of carbonyl (C=O) groups excluding carboxylic acids is 1. The molecule has 2 atom stereocenters. The van der Waals surface area contributed by atoms with Crippen molar-refractivity contribution in [3.63, 3.8) is 0 Å². The Balaban J connectivity index is 1.31. The molecule has 0 bridgehead atoms. The molecular weight excluding hydrogens is 410 g/mol. The predicted molar refractivity (Wildman–Crippen MR) is 124 cm³/mol. The number of carbonyl (C=O) groups is 1. The van der Waals surface area contributed by atoms with Gasteiger partial charge in [-0.1, -0.05) is 6.92 Å². The highest BCUT2D eigenvalue weighted by Crippen LogP contribution is 2.47. The number of nitrogens with one attached hydrogen (secondary N) is 1. The molecule has 1 amide bonds. The van der Waals surface area contributed by atoms with Crippen LogP contribution in [0.15, 0.2) is 6.33 Å². The van der Waals surface area contributed by atoms with Crippen LogP contribution in [0.2, 0.25) is 0 Å². The molecule has 1 saturated heterocycles. The fourth-order valence-corrected chi connectivity index (χ4v) is 6.92. The third-order valence-corrected chi connectivity index (χ3v) is 8.63. The molecule has 1 aliphatic heterocycles. The topological polar surface area (TPSA) is 93.4 Å². The maximum Gasteiger partial charge on any atom is 0.220 e. The zero-order chi connectivity index (χ0) is 21.4. The van der Waals surface area contributed by atoms with Gasteiger partial charge in [-0.05, 0) is 56.4 Å². The lowest BCUT2D eigenvalue weighted by molar-refractivity contribution is -0.121. The number of fused-ring (bicyclic) bond motifs is 3. The van der Waals surface area contributed by atoms with Crippen molar-refractivity contribution in [1.82, 2.24) is 14.9 Å². The summed E-state index contributed by atoms with van der Waals surface area (Å²) in [6, 6.07) is 1.15. The van der Waals surface area contributed by atoms with Crippen LogP contribution < -0.4 is 11.1 Å². The minimum absolute atomic E-state index is 0.109. The molecule has 168 valence electrons. The van der Waals surface area contributed by atoms with E-state index < -0.39 is 0 Å². The smallest absolute Gasteiger partial charge is 0.220 e. The average Bonchev–Trinajstić information content (AvgIpc) is 3.35. The molecule has 2 fully saturated rings. The van der Waals surface area contributed by atoms with Gasteiger partial charge < -0.3 is 15.8 Å². The summed E-state index contributed by atoms with van der Waals surface area (Å²) in [6.45, 7) is 5.83. The van der Waals surface area contributed by atoms with Crippen LogP contribution in [0.25, 0.3) is 10.2 Å². The second kappa shape index (κ2) is 9.00. The van der Waals surface area contributed by atoms with E-state index in [1.165, 1.54) is 41.5 Å². The summed E-state index contributed by atoms with van der Waals surface area (Å²) >= 11 is 1.80. The van der Waals surface area contributed by atoms with Gasteiger partial charge in [0.2, 0.25) is 5.91 Å². The molecule has 1 saturated carbocycles. The summed E-state index contributed by atoms with van der Waals surface area (Å²) in [7, 11) is 0. The molecule has 2 aromatic heterocycles. The van der Waals surface area contributed by atoms with Crippen LogP contribution in [0.3, 0.4) is 0 Å². The number of thiophene rings is 1. The van der Waals surface area contributed by atoms with Gasteiger partial charge in [0.05, 0.1) is 18.6 Å². The monoisotopic (exact) mass is 443 g/mol. The first-order valence-electron chi connectivity index (χ1n) is 11.7. The number of rotatable bonds is 6. The fraction of sp³-hybridized carbons (Fsp3) is 0.696. The molecule has 0 spiro atoms. The number of amides is 1. The molecule has 3 N–H and O–H groups in total. The van der Waals surface area contributed by atoms with Crippen LogP contribution in [0.4, 0.5) is 5.82 Å². The summed E-state index contributed by atoms with van der Waals surface area (Å²) in [4.78, 5) is 26.0. The number of primary amides is 1. The minimum Gasteiger partial charge on any atom is -0.379 e. The van der Waals surface area contributed by atoms with Crippen LogP contribution in [0.5, 0.6) is 0 Å². The van der Waals surface area contributed by atoms with Gasteiger partial charge in [-0.2, -0.15) is 0 Å². The van der Waals surface area contributed by atoms with Gasteiger partial charge in [-0.25, -0.2) is 9.97 Å². The Kier molecular flexibility index (Phi) is 6.12. The quantitative estimate of drug-likeness (QED) is 0.712. The van der Waals surface area contributed by atoms with E-state index >= 15 is 0 Å². The average molecular weight is 444 g/mol. The second-order valence-corrected chi connectivity index (χ2v) is 10.5. The molecule has 0 aromatic carbocycles. The van der Waals surface area contributed by atoms with Gasteiger partial charge in [0.1, 0.15) is 17.0 Å². The lowest BCUT2D eigenvalue weighted by Gasteiger charge is -2.39. The standard InChI is InChI=1S/C23H33N5O2S/c1-14(21(24)29)12-15-2-7-18-19(15)20-22(25-13-26-23(20)31-18)27-16-3-5-17(6-4-16)28-8-10-30-11-9-28/h13-17H,2-12H2,1H3,(H2,24,29)(H,25,26,27)/t14?,15-,16-,17-/m1/s1. The van der Waals surface area contributed by atoms with Crippen molar-refractivity contribution in [2.45, 2.75) is 69.9 Å². The van der Waals surface area contributed by atoms with Gasteiger partial charge in [0.25, 0.3) is 0 Å². The molecule has 2 aromatic rings. The zero-order valence-electron chi connectivity index (χ0n) is 18.3. The summed E-state index contributed by atoms with van der Waals surface area (Å²) < 4.78 is 5.51. The molecule has 3 heterocycles. The molecular formula is C23H33N5O2S. The van der Waals surface area contributed by atoms with Crippen LogP contribution in [-0.4, -0.2) is 59.2 Å². The Hall–Kier alpha value is -1.77. The molecule has 3 aliphatic rings. The molecule has 2 aliphatic carbocycles. The van der Waals surface area contributed by atoms with Crippen molar-refractivity contribution in [1.29, 1.82) is 0 Å². The molecule has 7 nitrogen and oxygen atoms in total. The van der Waals surface area contributed by atoms with Crippen molar-refractivity contribution >= 4 is 33.3 Å². The van der Waals surface area contributed by atoms with E-state index in [-0.39, 0.29) is 11.8 Å². The van der Waals surface area contributed by atoms with Crippen LogP contribution in [-0.2, 0) is 16.0 Å². The number of nitrogens with zero attached hydrogens (tertiary/aromatic N) is 3. The Labute approximate surface area is 187 Å². The van der Waals surface area contributed by atoms with Crippen molar-refractivity contribution in [2.24, 2.45) is 11.7 Å². The third kappa shape index (κ3) is 4.30. The molecule has 0 radical (unpaired) electrons. The number of ether oxygens (including phenoxy) is 1. The largest absolute Gasteiger partial charge is 0.379 e. The Morgan fingerprint density at radius 3 is 2.77 bits per heavy atom. The number of aromatic nitrogens is 2. The van der Waals surface area contributed by atoms with Crippen molar-refractivity contribution in [3.8, 4) is 0 Å². The Morgan fingerprint density at radius 2 is 2.03 bits per heavy atom. The minimum atomic E-state index is -0.209. The van der Waals surface area contributed by atoms with Gasteiger partial charge >= 0.3 is 0 Å². The molecule has 31 heavy (non-hydrogen) atoms. The lowest BCUT2D eigenvalue weighted by Crippen LogP contribution is -2.46. The maximum absolute atomic E-state index is 11.6. The molecule has 5 rings (SSSR count). The maximum atomic E-state index is 11.6. The molecule has 1 unspecified atom stereocenters. The van der Waals surface area contributed by atoms with Gasteiger partial charge in [0, 0.05) is 36.0 Å². The number of nitrogens with two attached hydrogens (primary N) is 1. The predicted octanol–water partition coefficient (Wildman–Crippen LogP) is 3.29. The van der Waals surface area contributed by atoms with Crippen LogP contribution in [0.1, 0.15) is 61.8 Å². The normalized spacial score (nSPS) is 27.8. The van der Waals surface area contributed by atoms with E-state index in [9.17, 15) is 4.79 Å². The van der Waals surface area contributed by atoms with E-state index in [1.807, 2.05) is 6.92 Å². The van der Waals surface area contributed by atoms with E-state index in [0.29, 0.717) is 18.0 Å². The highest BCUT2D eigenvalue weighted by atomic mass is 32.1. The number of anilines is 1. The number of aryl methyl sites for hydroxylation is 1. The van der Waals surface area contributed by atoms with Crippen molar-refractivity contribution < 1.29 is 9.53 Å². The van der Waals surface area contributed by atoms with Gasteiger partial charge in [-0.15, -0.1) is 11.3 Å². The summed E-state index contributed by atoms with van der Waals surface area (Å²) in [5, 5.41) is 4.97. The summed E-state index contributed by atoms with van der Waals surface area (Å²) in [5.74, 6) is 1.04. The summed E-state index contributed by atoms with van der Waals surface area (Å²) in [6.07, 6.45) is 9.46. The number of hydrogen-bond acceptors (Lipinski definition) is 7. The third-order valence-electron chi connectivity index (χ3n) is 7.45. The van der Waals surface area contributed by atoms with E-state index in [2.05, 4.69) is 20.2 Å². The van der Waals surface area contributed by atoms with Gasteiger partial charge in [0.15, 0.2) is 0 Å². The van der Waals surface area contributed by atoms with E-state index in [0.717, 1.165) is 56.2 Å². The van der Waals surface area contributed by atoms with Crippen LogP contribution in [0, 0.1) is 5.92 Å². The molecule has 8 heteroatoms. The first-order chi connectivity index (χ1) is 15.1. The highest BCUT2D eigenvalue weighted by Gasteiger charge is 2.32. The van der Waals surface area contributed by atoms with E-state index in [1.54, 1.807) is 17.7 Å². The van der Waals surface area contributed by atoms with Crippen LogP contribution >= 0.6 is 11.3 Å². The van der Waals surface area contributed by atoms with Crippen molar-refractivity contribution in [3.05, 3.63) is 16.8 Å². The second-order valence-electron chi connectivity index (χ2n) is 9.41. The fourth-order valence-electron chi connectivity index (χ4n) is 5.68. The Bertz CT molecular complexity index is 933. The number of hydrogen-bond donors (Lipinski definition) is 2. The lowest BCUT2D eigenvalue weighted by atomic mass is 9.89. The summed E-state index contributed by atoms with van der Waals surface area (Å²) in [5.41, 5.74) is 6.93. The zero-order valence-corrected chi connectivity index (χ0v) is 19.1. The SMILES string of the molecule is CC(C[C@H]1CCc2sc3ncnc(N[C@H]4CC[C@H](N5CCOCC5)CC4)c3c21)C(N)=O. The van der Waals surface area contributed by atoms with Crippen molar-refractivity contribution in [2.75, 3.05) is 31.6 Å². The van der Waals surface area contributed by atoms with E-state index in [4.69, 9.17) is 10.5 Å².